The fraction of sp³-hybridized carbons (Fsp3) is 0.520. The van der Waals surface area contributed by atoms with E-state index in [1.807, 2.05) is 0 Å². The van der Waals surface area contributed by atoms with Crippen molar-refractivity contribution < 1.29 is 32.6 Å². The van der Waals surface area contributed by atoms with Crippen LogP contribution in [0.1, 0.15) is 61.5 Å². The maximum atomic E-state index is 14.5. The van der Waals surface area contributed by atoms with Crippen molar-refractivity contribution in [1.82, 2.24) is 25.2 Å². The summed E-state index contributed by atoms with van der Waals surface area (Å²) in [5.74, 6) is -4.24. The van der Waals surface area contributed by atoms with Crippen molar-refractivity contribution >= 4 is 35.3 Å². The average molecular weight is 567 g/mol. The molecule has 2 atom stereocenters. The molecule has 2 aromatic heterocycles. The highest BCUT2D eigenvalue weighted by Gasteiger charge is 2.45. The second-order valence-electron chi connectivity index (χ2n) is 10.5. The summed E-state index contributed by atoms with van der Waals surface area (Å²) in [7, 11) is 1.48. The predicted molar refractivity (Wildman–Crippen MR) is 136 cm³/mol. The van der Waals surface area contributed by atoms with Gasteiger partial charge < -0.3 is 14.8 Å². The Morgan fingerprint density at radius 2 is 1.97 bits per heavy atom. The van der Waals surface area contributed by atoms with Gasteiger partial charge in [-0.3, -0.25) is 19.4 Å². The molecule has 14 heteroatoms. The lowest BCUT2D eigenvalue weighted by molar-refractivity contribution is -0.120. The standard InChI is InChI=1S/C25H29ClF2N6O5/c1-13-10-29-19(21(35)31-15-12-38-17-8-14(26)11-30-20(17)33(5)22(15)36)32-18(13)16-9-25(27,28)6-7-34(16)23(37)39-24(2,3)4/h8,10-11,15-16H,6-7,9,12H2,1-5H3,(H,31,35). The van der Waals surface area contributed by atoms with Gasteiger partial charge in [0.15, 0.2) is 11.6 Å². The molecule has 1 saturated heterocycles. The maximum absolute atomic E-state index is 14.5. The number of anilines is 1. The maximum Gasteiger partial charge on any atom is 0.410 e. The first kappa shape index (κ1) is 28.4. The molecule has 1 N–H and O–H groups in total. The average Bonchev–Trinajstić information content (AvgIpc) is 2.94. The highest BCUT2D eigenvalue weighted by Crippen LogP contribution is 2.40. The van der Waals surface area contributed by atoms with E-state index in [1.54, 1.807) is 27.7 Å². The van der Waals surface area contributed by atoms with Crippen LogP contribution in [0.25, 0.3) is 0 Å². The Balaban J connectivity index is 1.58. The van der Waals surface area contributed by atoms with E-state index in [9.17, 15) is 23.2 Å². The minimum Gasteiger partial charge on any atom is -0.487 e. The van der Waals surface area contributed by atoms with E-state index in [0.29, 0.717) is 10.6 Å². The summed E-state index contributed by atoms with van der Waals surface area (Å²) in [6.07, 6.45) is 0.697. The summed E-state index contributed by atoms with van der Waals surface area (Å²) in [6, 6.07) is -0.776. The highest BCUT2D eigenvalue weighted by molar-refractivity contribution is 6.30. The molecule has 11 nitrogen and oxygen atoms in total. The highest BCUT2D eigenvalue weighted by atomic mass is 35.5. The van der Waals surface area contributed by atoms with Crippen LogP contribution in [0.3, 0.4) is 0 Å². The molecule has 39 heavy (non-hydrogen) atoms. The van der Waals surface area contributed by atoms with Gasteiger partial charge in [0.1, 0.15) is 18.2 Å². The summed E-state index contributed by atoms with van der Waals surface area (Å²) in [5, 5.41) is 2.85. The van der Waals surface area contributed by atoms with E-state index >= 15 is 0 Å². The van der Waals surface area contributed by atoms with E-state index in [1.165, 1.54) is 35.3 Å². The van der Waals surface area contributed by atoms with Crippen molar-refractivity contribution in [3.8, 4) is 5.75 Å². The molecule has 0 aromatic carbocycles. The molecule has 0 radical (unpaired) electrons. The van der Waals surface area contributed by atoms with Crippen LogP contribution in [0.15, 0.2) is 18.5 Å². The number of hydrogen-bond acceptors (Lipinski definition) is 8. The number of likely N-dealkylation sites (N-methyl/N-ethyl adjacent to an activating group) is 1. The fourth-order valence-corrected chi connectivity index (χ4v) is 4.45. The van der Waals surface area contributed by atoms with Crippen LogP contribution in [-0.4, -0.2) is 75.5 Å². The van der Waals surface area contributed by atoms with Crippen molar-refractivity contribution in [3.63, 3.8) is 0 Å². The number of aromatic nitrogens is 3. The van der Waals surface area contributed by atoms with Gasteiger partial charge in [0, 0.05) is 44.9 Å². The third-order valence-electron chi connectivity index (χ3n) is 6.20. The van der Waals surface area contributed by atoms with Crippen molar-refractivity contribution in [2.75, 3.05) is 25.1 Å². The Morgan fingerprint density at radius 1 is 1.26 bits per heavy atom. The molecule has 0 aliphatic carbocycles. The Bertz CT molecular complexity index is 1300. The van der Waals surface area contributed by atoms with E-state index in [2.05, 4.69) is 20.3 Å². The molecule has 210 valence electrons. The first-order valence-corrected chi connectivity index (χ1v) is 12.6. The minimum atomic E-state index is -3.05. The Morgan fingerprint density at radius 3 is 2.67 bits per heavy atom. The molecule has 0 saturated carbocycles. The van der Waals surface area contributed by atoms with Gasteiger partial charge in [-0.15, -0.1) is 0 Å². The van der Waals surface area contributed by atoms with Gasteiger partial charge >= 0.3 is 6.09 Å². The van der Waals surface area contributed by atoms with Crippen LogP contribution in [0.5, 0.6) is 5.75 Å². The van der Waals surface area contributed by atoms with Crippen LogP contribution < -0.4 is 15.0 Å². The first-order chi connectivity index (χ1) is 18.1. The zero-order valence-corrected chi connectivity index (χ0v) is 22.9. The normalized spacial score (nSPS) is 21.0. The van der Waals surface area contributed by atoms with Crippen LogP contribution in [-0.2, 0) is 9.53 Å². The van der Waals surface area contributed by atoms with Gasteiger partial charge in [-0.1, -0.05) is 11.6 Å². The lowest BCUT2D eigenvalue weighted by Gasteiger charge is -2.39. The Labute approximate surface area is 228 Å². The molecule has 2 aliphatic rings. The van der Waals surface area contributed by atoms with E-state index < -0.39 is 54.4 Å². The number of pyridine rings is 1. The molecule has 4 rings (SSSR count). The number of nitrogens with one attached hydrogen (secondary N) is 1. The molecule has 0 bridgehead atoms. The number of carbonyl (C=O) groups is 3. The second-order valence-corrected chi connectivity index (χ2v) is 10.9. The summed E-state index contributed by atoms with van der Waals surface area (Å²) < 4.78 is 40.1. The third-order valence-corrected chi connectivity index (χ3v) is 6.41. The molecule has 4 heterocycles. The van der Waals surface area contributed by atoms with Crippen LogP contribution >= 0.6 is 11.6 Å². The van der Waals surface area contributed by atoms with E-state index in [-0.39, 0.29) is 36.2 Å². The second kappa shape index (κ2) is 10.5. The number of rotatable bonds is 3. The lowest BCUT2D eigenvalue weighted by Crippen LogP contribution is -2.50. The van der Waals surface area contributed by atoms with Gasteiger partial charge in [0.25, 0.3) is 17.7 Å². The zero-order valence-electron chi connectivity index (χ0n) is 22.1. The van der Waals surface area contributed by atoms with E-state index in [4.69, 9.17) is 21.1 Å². The van der Waals surface area contributed by atoms with Gasteiger partial charge in [0.05, 0.1) is 16.8 Å². The number of ether oxygens (including phenoxy) is 2. The summed E-state index contributed by atoms with van der Waals surface area (Å²) in [5.41, 5.74) is -0.337. The summed E-state index contributed by atoms with van der Waals surface area (Å²) in [6.45, 7) is 6.16. The van der Waals surface area contributed by atoms with Gasteiger partial charge in [-0.2, -0.15) is 0 Å². The van der Waals surface area contributed by atoms with Gasteiger partial charge in [-0.05, 0) is 33.3 Å². The molecule has 3 amide bonds. The number of amides is 3. The number of hydrogen-bond donors (Lipinski definition) is 1. The number of carbonyl (C=O) groups excluding carboxylic acids is 3. The lowest BCUT2D eigenvalue weighted by atomic mass is 9.94. The molecular formula is C25H29ClF2N6O5. The van der Waals surface area contributed by atoms with E-state index in [0.717, 1.165) is 0 Å². The smallest absolute Gasteiger partial charge is 0.410 e. The van der Waals surface area contributed by atoms with Gasteiger partial charge in [0.2, 0.25) is 5.82 Å². The Kier molecular flexibility index (Phi) is 7.66. The number of aryl methyl sites for hydroxylation is 1. The molecule has 2 aromatic rings. The van der Waals surface area contributed by atoms with Gasteiger partial charge in [-0.25, -0.2) is 28.5 Å². The van der Waals surface area contributed by atoms with Crippen molar-refractivity contribution in [1.29, 1.82) is 0 Å². The minimum absolute atomic E-state index is 0.0900. The molecule has 1 fully saturated rings. The summed E-state index contributed by atoms with van der Waals surface area (Å²) in [4.78, 5) is 53.9. The number of likely N-dealkylation sites (tertiary alicyclic amines) is 1. The topological polar surface area (TPSA) is 127 Å². The number of fused-ring (bicyclic) bond motifs is 1. The van der Waals surface area contributed by atoms with Crippen LogP contribution in [0, 0.1) is 6.92 Å². The summed E-state index contributed by atoms with van der Waals surface area (Å²) >= 11 is 5.97. The predicted octanol–water partition coefficient (Wildman–Crippen LogP) is 3.69. The largest absolute Gasteiger partial charge is 0.487 e. The monoisotopic (exact) mass is 566 g/mol. The quantitative estimate of drug-likeness (QED) is 0.596. The van der Waals surface area contributed by atoms with Crippen molar-refractivity contribution in [2.24, 2.45) is 0 Å². The molecule has 2 unspecified atom stereocenters. The first-order valence-electron chi connectivity index (χ1n) is 12.2. The fourth-order valence-electron chi connectivity index (χ4n) is 4.30. The molecule has 0 spiro atoms. The third kappa shape index (κ3) is 6.35. The van der Waals surface area contributed by atoms with Crippen molar-refractivity contribution in [3.05, 3.63) is 40.6 Å². The van der Waals surface area contributed by atoms with Crippen molar-refractivity contribution in [2.45, 2.75) is 64.1 Å². The zero-order chi connectivity index (χ0) is 28.7. The molecular weight excluding hydrogens is 538 g/mol. The molecule has 2 aliphatic heterocycles. The number of nitrogens with zero attached hydrogens (tertiary/aromatic N) is 5. The number of piperidine rings is 1. The Hall–Kier alpha value is -3.61. The van der Waals surface area contributed by atoms with Crippen LogP contribution in [0.2, 0.25) is 5.02 Å². The SMILES string of the molecule is Cc1cnc(C(=O)NC2COc3cc(Cl)cnc3N(C)C2=O)nc1C1CC(F)(F)CCN1C(=O)OC(C)(C)C. The number of halogens is 3. The van der Waals surface area contributed by atoms with Crippen LogP contribution in [0.4, 0.5) is 19.4 Å². The number of alkyl halides is 2.